The molecular weight excluding hydrogens is 434 g/mol. The van der Waals surface area contributed by atoms with Gasteiger partial charge in [0.2, 0.25) is 11.8 Å². The van der Waals surface area contributed by atoms with Crippen molar-refractivity contribution in [2.24, 2.45) is 0 Å². The molecule has 0 unspecified atom stereocenters. The number of carbonyl (C=O) groups is 2. The van der Waals surface area contributed by atoms with Gasteiger partial charge < -0.3 is 10.2 Å². The molecule has 2 aromatic rings. The highest BCUT2D eigenvalue weighted by Gasteiger charge is 2.25. The second-order valence-electron chi connectivity index (χ2n) is 6.41. The largest absolute Gasteiger partial charge is 0.355 e. The number of hydrogen-bond acceptors (Lipinski definition) is 3. The lowest BCUT2D eigenvalue weighted by Crippen LogP contribution is -2.48. The lowest BCUT2D eigenvalue weighted by Gasteiger charge is -2.28. The Bertz CT molecular complexity index is 829. The summed E-state index contributed by atoms with van der Waals surface area (Å²) in [5.41, 5.74) is 1.23. The van der Waals surface area contributed by atoms with Crippen LogP contribution in [0.15, 0.2) is 42.5 Å². The number of nitrogens with one attached hydrogen (secondary N) is 1. The molecule has 0 aromatic heterocycles. The van der Waals surface area contributed by atoms with Gasteiger partial charge in [0.25, 0.3) is 0 Å². The summed E-state index contributed by atoms with van der Waals surface area (Å²) in [6.45, 7) is 4.27. The Labute approximate surface area is 184 Å². The van der Waals surface area contributed by atoms with Gasteiger partial charge in [0.15, 0.2) is 0 Å². The Balaban J connectivity index is 2.08. The van der Waals surface area contributed by atoms with Crippen LogP contribution in [0.3, 0.4) is 0 Å². The van der Waals surface area contributed by atoms with Crippen molar-refractivity contribution in [2.75, 3.05) is 12.3 Å². The van der Waals surface area contributed by atoms with E-state index in [2.05, 4.69) is 5.32 Å². The predicted octanol–water partition coefficient (Wildman–Crippen LogP) is 4.92. The molecule has 29 heavy (non-hydrogen) atoms. The quantitative estimate of drug-likeness (QED) is 0.582. The maximum atomic E-state index is 13.9. The van der Waals surface area contributed by atoms with E-state index >= 15 is 0 Å². The van der Waals surface area contributed by atoms with Gasteiger partial charge in [-0.2, -0.15) is 0 Å². The standard InChI is InChI=1S/C21H23Cl2FN2O2S/c1-3-25-21(28)14(2)26(11-15-7-9-16(22)10-8-15)20(27)13-29-12-17-18(23)5-4-6-19(17)24/h4-10,14H,3,11-13H2,1-2H3,(H,25,28)/t14-/m0/s1. The smallest absolute Gasteiger partial charge is 0.242 e. The summed E-state index contributed by atoms with van der Waals surface area (Å²) in [7, 11) is 0. The van der Waals surface area contributed by atoms with Crippen LogP contribution in [0, 0.1) is 5.82 Å². The Kier molecular flexibility index (Phi) is 9.27. The highest BCUT2D eigenvalue weighted by molar-refractivity contribution is 7.99. The number of thioether (sulfide) groups is 1. The molecule has 0 radical (unpaired) electrons. The van der Waals surface area contributed by atoms with Crippen LogP contribution < -0.4 is 5.32 Å². The average Bonchev–Trinajstić information content (AvgIpc) is 2.69. The molecule has 156 valence electrons. The van der Waals surface area contributed by atoms with Crippen molar-refractivity contribution >= 4 is 46.8 Å². The number of hydrogen-bond donors (Lipinski definition) is 1. The van der Waals surface area contributed by atoms with Crippen molar-refractivity contribution in [1.29, 1.82) is 0 Å². The Morgan fingerprint density at radius 3 is 2.48 bits per heavy atom. The fourth-order valence-electron chi connectivity index (χ4n) is 2.68. The lowest BCUT2D eigenvalue weighted by molar-refractivity contribution is -0.138. The first-order valence-electron chi connectivity index (χ1n) is 9.15. The summed E-state index contributed by atoms with van der Waals surface area (Å²) in [5.74, 6) is -0.469. The molecule has 2 aromatic carbocycles. The predicted molar refractivity (Wildman–Crippen MR) is 118 cm³/mol. The van der Waals surface area contributed by atoms with E-state index in [1.165, 1.54) is 22.7 Å². The van der Waals surface area contributed by atoms with Gasteiger partial charge in [0.1, 0.15) is 11.9 Å². The second kappa shape index (κ2) is 11.4. The number of halogens is 3. The minimum Gasteiger partial charge on any atom is -0.355 e. The molecule has 0 aliphatic rings. The van der Waals surface area contributed by atoms with Gasteiger partial charge in [-0.25, -0.2) is 4.39 Å². The van der Waals surface area contributed by atoms with Crippen LogP contribution in [0.5, 0.6) is 0 Å². The Morgan fingerprint density at radius 1 is 1.17 bits per heavy atom. The molecule has 0 bridgehead atoms. The number of likely N-dealkylation sites (N-methyl/N-ethyl adjacent to an activating group) is 1. The van der Waals surface area contributed by atoms with E-state index in [1.807, 2.05) is 19.1 Å². The van der Waals surface area contributed by atoms with E-state index in [0.717, 1.165) is 5.56 Å². The molecule has 0 aliphatic heterocycles. The average molecular weight is 457 g/mol. The molecule has 8 heteroatoms. The van der Waals surface area contributed by atoms with Gasteiger partial charge in [-0.15, -0.1) is 11.8 Å². The van der Waals surface area contributed by atoms with E-state index < -0.39 is 11.9 Å². The number of carbonyl (C=O) groups excluding carboxylic acids is 2. The third-order valence-corrected chi connectivity index (χ3v) is 5.87. The monoisotopic (exact) mass is 456 g/mol. The molecule has 0 fully saturated rings. The van der Waals surface area contributed by atoms with Crippen molar-refractivity contribution in [1.82, 2.24) is 10.2 Å². The Hall–Kier alpha value is -1.76. The lowest BCUT2D eigenvalue weighted by atomic mass is 10.1. The minimum atomic E-state index is -0.643. The highest BCUT2D eigenvalue weighted by atomic mass is 35.5. The summed E-state index contributed by atoms with van der Waals surface area (Å²) in [6.07, 6.45) is 0. The van der Waals surface area contributed by atoms with Gasteiger partial charge in [-0.1, -0.05) is 41.4 Å². The number of amides is 2. The fourth-order valence-corrected chi connectivity index (χ4v) is 4.06. The summed E-state index contributed by atoms with van der Waals surface area (Å²) < 4.78 is 13.9. The maximum absolute atomic E-state index is 13.9. The van der Waals surface area contributed by atoms with Crippen LogP contribution in [0.2, 0.25) is 10.0 Å². The zero-order valence-electron chi connectivity index (χ0n) is 16.3. The first-order valence-corrected chi connectivity index (χ1v) is 11.1. The molecule has 0 saturated carbocycles. The van der Waals surface area contributed by atoms with Gasteiger partial charge in [-0.3, -0.25) is 9.59 Å². The van der Waals surface area contributed by atoms with Crippen LogP contribution in [0.1, 0.15) is 25.0 Å². The summed E-state index contributed by atoms with van der Waals surface area (Å²) in [5, 5.41) is 3.67. The molecular formula is C21H23Cl2FN2O2S. The third-order valence-electron chi connectivity index (χ3n) is 4.32. The van der Waals surface area contributed by atoms with E-state index in [4.69, 9.17) is 23.2 Å². The van der Waals surface area contributed by atoms with Gasteiger partial charge in [0, 0.05) is 34.5 Å². The first kappa shape index (κ1) is 23.5. The first-order chi connectivity index (χ1) is 13.8. The Morgan fingerprint density at radius 2 is 1.86 bits per heavy atom. The van der Waals surface area contributed by atoms with Crippen LogP contribution in [0.25, 0.3) is 0 Å². The van der Waals surface area contributed by atoms with E-state index in [1.54, 1.807) is 31.2 Å². The molecule has 2 amide bonds. The van der Waals surface area contributed by atoms with Gasteiger partial charge in [-0.05, 0) is 43.7 Å². The minimum absolute atomic E-state index is 0.0992. The van der Waals surface area contributed by atoms with Crippen LogP contribution in [-0.2, 0) is 21.9 Å². The number of nitrogens with zero attached hydrogens (tertiary/aromatic N) is 1. The van der Waals surface area contributed by atoms with Crippen molar-refractivity contribution in [3.05, 3.63) is 69.5 Å². The van der Waals surface area contributed by atoms with Gasteiger partial charge in [0.05, 0.1) is 5.75 Å². The zero-order chi connectivity index (χ0) is 21.4. The highest BCUT2D eigenvalue weighted by Crippen LogP contribution is 2.24. The number of rotatable bonds is 9. The third kappa shape index (κ3) is 6.91. The molecule has 4 nitrogen and oxygen atoms in total. The second-order valence-corrected chi connectivity index (χ2v) is 8.24. The van der Waals surface area contributed by atoms with E-state index in [9.17, 15) is 14.0 Å². The van der Waals surface area contributed by atoms with Crippen molar-refractivity contribution in [2.45, 2.75) is 32.2 Å². The molecule has 1 atom stereocenters. The normalized spacial score (nSPS) is 11.8. The molecule has 0 saturated heterocycles. The summed E-state index contributed by atoms with van der Waals surface area (Å²) >= 11 is 13.2. The molecule has 0 aliphatic carbocycles. The van der Waals surface area contributed by atoms with Crippen LogP contribution in [-0.4, -0.2) is 35.1 Å². The SMILES string of the molecule is CCNC(=O)[C@H](C)N(Cc1ccc(Cl)cc1)C(=O)CSCc1c(F)cccc1Cl. The summed E-state index contributed by atoms with van der Waals surface area (Å²) in [4.78, 5) is 26.7. The van der Waals surface area contributed by atoms with Crippen molar-refractivity contribution in [3.63, 3.8) is 0 Å². The molecule has 0 heterocycles. The zero-order valence-corrected chi connectivity index (χ0v) is 18.6. The van der Waals surface area contributed by atoms with E-state index in [-0.39, 0.29) is 29.9 Å². The van der Waals surface area contributed by atoms with E-state index in [0.29, 0.717) is 22.2 Å². The number of benzene rings is 2. The molecule has 0 spiro atoms. The van der Waals surface area contributed by atoms with Crippen molar-refractivity contribution in [3.8, 4) is 0 Å². The maximum Gasteiger partial charge on any atom is 0.242 e. The van der Waals surface area contributed by atoms with Gasteiger partial charge >= 0.3 is 0 Å². The van der Waals surface area contributed by atoms with Crippen LogP contribution in [0.4, 0.5) is 4.39 Å². The fraction of sp³-hybridized carbons (Fsp3) is 0.333. The van der Waals surface area contributed by atoms with Crippen LogP contribution >= 0.6 is 35.0 Å². The molecule has 2 rings (SSSR count). The summed E-state index contributed by atoms with van der Waals surface area (Å²) in [6, 6.07) is 11.0. The molecule has 1 N–H and O–H groups in total. The topological polar surface area (TPSA) is 49.4 Å². The van der Waals surface area contributed by atoms with Crippen molar-refractivity contribution < 1.29 is 14.0 Å².